The Morgan fingerprint density at radius 2 is 1.83 bits per heavy atom. The van der Waals surface area contributed by atoms with Crippen LogP contribution in [0.3, 0.4) is 0 Å². The van der Waals surface area contributed by atoms with Crippen LogP contribution < -0.4 is 10.6 Å². The number of carbonyl (C=O) groups is 2. The molecule has 2 fully saturated rings. The van der Waals surface area contributed by atoms with Crippen molar-refractivity contribution in [3.63, 3.8) is 0 Å². The van der Waals surface area contributed by atoms with E-state index in [2.05, 4.69) is 24.5 Å². The number of piperidine rings is 1. The molecule has 0 atom stereocenters. The van der Waals surface area contributed by atoms with Crippen molar-refractivity contribution in [3.05, 3.63) is 29.8 Å². The van der Waals surface area contributed by atoms with Gasteiger partial charge in [0.05, 0.1) is 0 Å². The highest BCUT2D eigenvalue weighted by atomic mass is 16.2. The average molecular weight is 329 g/mol. The Morgan fingerprint density at radius 3 is 2.46 bits per heavy atom. The van der Waals surface area contributed by atoms with Crippen molar-refractivity contribution in [2.45, 2.75) is 51.6 Å². The zero-order chi connectivity index (χ0) is 17.1. The molecular weight excluding hydrogens is 302 g/mol. The van der Waals surface area contributed by atoms with Crippen LogP contribution in [0, 0.1) is 5.92 Å². The van der Waals surface area contributed by atoms with Crippen molar-refractivity contribution in [1.29, 1.82) is 0 Å². The van der Waals surface area contributed by atoms with E-state index in [9.17, 15) is 9.59 Å². The molecule has 0 radical (unpaired) electrons. The number of anilines is 1. The number of nitrogens with zero attached hydrogens (tertiary/aromatic N) is 1. The minimum absolute atomic E-state index is 0.0588. The first-order valence-electron chi connectivity index (χ1n) is 8.99. The molecule has 2 aliphatic rings. The highest BCUT2D eigenvalue weighted by Gasteiger charge is 2.31. The maximum atomic E-state index is 12.7. The van der Waals surface area contributed by atoms with E-state index in [0.29, 0.717) is 30.7 Å². The third kappa shape index (κ3) is 4.28. The Morgan fingerprint density at radius 1 is 1.12 bits per heavy atom. The fraction of sp³-hybridized carbons (Fsp3) is 0.579. The summed E-state index contributed by atoms with van der Waals surface area (Å²) in [6, 6.07) is 8.40. The summed E-state index contributed by atoms with van der Waals surface area (Å²) >= 11 is 0. The maximum Gasteiger partial charge on any atom is 0.253 e. The van der Waals surface area contributed by atoms with Crippen LogP contribution in [0.1, 0.15) is 49.9 Å². The van der Waals surface area contributed by atoms with Gasteiger partial charge in [-0.15, -0.1) is 0 Å². The summed E-state index contributed by atoms with van der Waals surface area (Å²) in [5.74, 6) is 0.291. The van der Waals surface area contributed by atoms with Crippen LogP contribution in [0.4, 0.5) is 5.69 Å². The summed E-state index contributed by atoms with van der Waals surface area (Å²) < 4.78 is 0. The number of hydrogen-bond acceptors (Lipinski definition) is 3. The second-order valence-electron chi connectivity index (χ2n) is 7.23. The van der Waals surface area contributed by atoms with Gasteiger partial charge in [-0.1, -0.05) is 6.07 Å². The van der Waals surface area contributed by atoms with Gasteiger partial charge in [-0.3, -0.25) is 9.59 Å². The van der Waals surface area contributed by atoms with E-state index in [1.165, 1.54) is 0 Å². The van der Waals surface area contributed by atoms with E-state index in [1.807, 2.05) is 29.2 Å². The van der Waals surface area contributed by atoms with Crippen LogP contribution in [-0.4, -0.2) is 41.9 Å². The molecular formula is C19H27N3O2. The lowest BCUT2D eigenvalue weighted by molar-refractivity contribution is -0.126. The summed E-state index contributed by atoms with van der Waals surface area (Å²) in [4.78, 5) is 26.7. The molecule has 1 saturated heterocycles. The van der Waals surface area contributed by atoms with Crippen LogP contribution in [-0.2, 0) is 4.79 Å². The number of rotatable bonds is 5. The van der Waals surface area contributed by atoms with Crippen molar-refractivity contribution < 1.29 is 9.59 Å². The van der Waals surface area contributed by atoms with Crippen molar-refractivity contribution >= 4 is 17.5 Å². The number of hydrogen-bond donors (Lipinski definition) is 2. The molecule has 1 heterocycles. The lowest BCUT2D eigenvalue weighted by Crippen LogP contribution is -2.43. The molecule has 2 amide bonds. The predicted molar refractivity (Wildman–Crippen MR) is 95.0 cm³/mol. The topological polar surface area (TPSA) is 61.4 Å². The molecule has 0 spiro atoms. The normalized spacial score (nSPS) is 18.5. The van der Waals surface area contributed by atoms with E-state index in [1.54, 1.807) is 0 Å². The van der Waals surface area contributed by atoms with Crippen LogP contribution >= 0.6 is 0 Å². The maximum absolute atomic E-state index is 12.7. The molecule has 1 aliphatic carbocycles. The van der Waals surface area contributed by atoms with Gasteiger partial charge in [-0.25, -0.2) is 0 Å². The van der Waals surface area contributed by atoms with E-state index in [0.717, 1.165) is 31.4 Å². The molecule has 2 N–H and O–H groups in total. The fourth-order valence-electron chi connectivity index (χ4n) is 3.15. The van der Waals surface area contributed by atoms with Crippen LogP contribution in [0.5, 0.6) is 0 Å². The van der Waals surface area contributed by atoms with Gasteiger partial charge in [-0.2, -0.15) is 0 Å². The van der Waals surface area contributed by atoms with E-state index in [4.69, 9.17) is 0 Å². The predicted octanol–water partition coefficient (Wildman–Crippen LogP) is 2.64. The molecule has 5 nitrogen and oxygen atoms in total. The number of likely N-dealkylation sites (tertiary alicyclic amines) is 1. The quantitative estimate of drug-likeness (QED) is 0.873. The van der Waals surface area contributed by atoms with Crippen molar-refractivity contribution in [2.75, 3.05) is 18.4 Å². The van der Waals surface area contributed by atoms with Gasteiger partial charge < -0.3 is 15.5 Å². The number of benzene rings is 1. The second kappa shape index (κ2) is 7.24. The summed E-state index contributed by atoms with van der Waals surface area (Å²) in [5, 5.41) is 6.40. The van der Waals surface area contributed by atoms with Gasteiger partial charge in [0.25, 0.3) is 5.91 Å². The van der Waals surface area contributed by atoms with Crippen LogP contribution in [0.15, 0.2) is 24.3 Å². The third-order valence-electron chi connectivity index (χ3n) is 4.64. The zero-order valence-electron chi connectivity index (χ0n) is 14.5. The molecule has 1 aromatic rings. The molecule has 5 heteroatoms. The summed E-state index contributed by atoms with van der Waals surface area (Å²) in [6.45, 7) is 5.46. The average Bonchev–Trinajstić information content (AvgIpc) is 3.38. The first-order chi connectivity index (χ1) is 11.5. The first-order valence-corrected chi connectivity index (χ1v) is 8.99. The molecule has 1 saturated carbocycles. The molecule has 0 unspecified atom stereocenters. The molecule has 0 aromatic heterocycles. The Kier molecular flexibility index (Phi) is 5.07. The smallest absolute Gasteiger partial charge is 0.253 e. The summed E-state index contributed by atoms with van der Waals surface area (Å²) in [6.07, 6.45) is 3.75. The lowest BCUT2D eigenvalue weighted by atomic mass is 9.95. The first kappa shape index (κ1) is 16.8. The van der Waals surface area contributed by atoms with Crippen molar-refractivity contribution in [2.24, 2.45) is 5.92 Å². The number of carbonyl (C=O) groups excluding carboxylic acids is 2. The number of amides is 2. The Balaban J connectivity index is 1.55. The van der Waals surface area contributed by atoms with E-state index >= 15 is 0 Å². The van der Waals surface area contributed by atoms with Gasteiger partial charge in [0.1, 0.15) is 0 Å². The minimum atomic E-state index is 0.0588. The second-order valence-corrected chi connectivity index (χ2v) is 7.23. The molecule has 24 heavy (non-hydrogen) atoms. The fourth-order valence-corrected chi connectivity index (χ4v) is 3.15. The van der Waals surface area contributed by atoms with Crippen molar-refractivity contribution in [3.8, 4) is 0 Å². The number of nitrogens with one attached hydrogen (secondary N) is 2. The van der Waals surface area contributed by atoms with Gasteiger partial charge in [-0.05, 0) is 57.7 Å². The van der Waals surface area contributed by atoms with Gasteiger partial charge in [0, 0.05) is 42.3 Å². The standard InChI is InChI=1S/C19H27N3O2/c1-13(2)20-17-5-3-4-15(12-17)19(24)22-10-8-14(9-11-22)18(23)21-16-6-7-16/h3-5,12-14,16,20H,6-11H2,1-2H3,(H,21,23). The highest BCUT2D eigenvalue weighted by Crippen LogP contribution is 2.24. The minimum Gasteiger partial charge on any atom is -0.383 e. The zero-order valence-corrected chi connectivity index (χ0v) is 14.5. The lowest BCUT2D eigenvalue weighted by Gasteiger charge is -2.31. The molecule has 1 aromatic carbocycles. The Hall–Kier alpha value is -2.04. The van der Waals surface area contributed by atoms with Crippen molar-refractivity contribution in [1.82, 2.24) is 10.2 Å². The Bertz CT molecular complexity index is 602. The van der Waals surface area contributed by atoms with Crippen LogP contribution in [0.25, 0.3) is 0 Å². The molecule has 130 valence electrons. The molecule has 1 aliphatic heterocycles. The van der Waals surface area contributed by atoms with E-state index in [-0.39, 0.29) is 17.7 Å². The van der Waals surface area contributed by atoms with Gasteiger partial charge in [0.2, 0.25) is 5.91 Å². The molecule has 3 rings (SSSR count). The summed E-state index contributed by atoms with van der Waals surface area (Å²) in [7, 11) is 0. The highest BCUT2D eigenvalue weighted by molar-refractivity contribution is 5.95. The monoisotopic (exact) mass is 329 g/mol. The third-order valence-corrected chi connectivity index (χ3v) is 4.64. The van der Waals surface area contributed by atoms with Gasteiger partial charge >= 0.3 is 0 Å². The SMILES string of the molecule is CC(C)Nc1cccc(C(=O)N2CCC(C(=O)NC3CC3)CC2)c1. The molecule has 0 bridgehead atoms. The summed E-state index contributed by atoms with van der Waals surface area (Å²) in [5.41, 5.74) is 1.68. The Labute approximate surface area is 143 Å². The van der Waals surface area contributed by atoms with Gasteiger partial charge in [0.15, 0.2) is 0 Å². The van der Waals surface area contributed by atoms with E-state index < -0.39 is 0 Å². The largest absolute Gasteiger partial charge is 0.383 e. The van der Waals surface area contributed by atoms with Crippen LogP contribution in [0.2, 0.25) is 0 Å².